The standard InChI is InChI=1S/C11H24N2O3/c1-8(2)6-16-7-10(14)5-13-9(3)11(15)12-4/h8-10,13-14H,5-7H2,1-4H3,(H,12,15). The van der Waals surface area contributed by atoms with E-state index in [0.717, 1.165) is 0 Å². The van der Waals surface area contributed by atoms with Crippen LogP contribution in [0.1, 0.15) is 20.8 Å². The molecule has 1 amide bonds. The van der Waals surface area contributed by atoms with Gasteiger partial charge in [-0.1, -0.05) is 13.8 Å². The van der Waals surface area contributed by atoms with Crippen molar-refractivity contribution in [2.24, 2.45) is 5.92 Å². The molecule has 0 heterocycles. The SMILES string of the molecule is CNC(=O)C(C)NCC(O)COCC(C)C. The van der Waals surface area contributed by atoms with E-state index in [-0.39, 0.29) is 11.9 Å². The van der Waals surface area contributed by atoms with E-state index < -0.39 is 6.10 Å². The van der Waals surface area contributed by atoms with E-state index in [1.165, 1.54) is 0 Å². The number of carbonyl (C=O) groups is 1. The van der Waals surface area contributed by atoms with Gasteiger partial charge in [0.25, 0.3) is 0 Å². The molecule has 0 radical (unpaired) electrons. The van der Waals surface area contributed by atoms with Gasteiger partial charge < -0.3 is 20.5 Å². The van der Waals surface area contributed by atoms with Gasteiger partial charge in [0.1, 0.15) is 0 Å². The fourth-order valence-electron chi connectivity index (χ4n) is 1.12. The molecule has 0 fully saturated rings. The first-order valence-electron chi connectivity index (χ1n) is 5.68. The van der Waals surface area contributed by atoms with E-state index in [2.05, 4.69) is 24.5 Å². The van der Waals surface area contributed by atoms with Crippen molar-refractivity contribution in [2.45, 2.75) is 32.9 Å². The quantitative estimate of drug-likeness (QED) is 0.539. The summed E-state index contributed by atoms with van der Waals surface area (Å²) in [5.41, 5.74) is 0. The molecule has 0 aliphatic heterocycles. The number of hydrogen-bond acceptors (Lipinski definition) is 4. The molecule has 0 aromatic heterocycles. The fourth-order valence-corrected chi connectivity index (χ4v) is 1.12. The number of likely N-dealkylation sites (N-methyl/N-ethyl adjacent to an activating group) is 1. The van der Waals surface area contributed by atoms with Gasteiger partial charge in [-0.25, -0.2) is 0 Å². The van der Waals surface area contributed by atoms with Gasteiger partial charge in [-0.3, -0.25) is 4.79 Å². The van der Waals surface area contributed by atoms with Crippen molar-refractivity contribution in [1.82, 2.24) is 10.6 Å². The zero-order chi connectivity index (χ0) is 12.6. The maximum Gasteiger partial charge on any atom is 0.236 e. The molecule has 0 rings (SSSR count). The smallest absolute Gasteiger partial charge is 0.236 e. The fraction of sp³-hybridized carbons (Fsp3) is 0.909. The highest BCUT2D eigenvalue weighted by Gasteiger charge is 2.12. The molecule has 5 nitrogen and oxygen atoms in total. The Bertz CT molecular complexity index is 198. The second kappa shape index (κ2) is 8.50. The Hall–Kier alpha value is -0.650. The maximum absolute atomic E-state index is 11.1. The van der Waals surface area contributed by atoms with Crippen LogP contribution in [-0.2, 0) is 9.53 Å². The zero-order valence-electron chi connectivity index (χ0n) is 10.6. The lowest BCUT2D eigenvalue weighted by Crippen LogP contribution is -2.44. The summed E-state index contributed by atoms with van der Waals surface area (Å²) < 4.78 is 5.29. The van der Waals surface area contributed by atoms with Crippen molar-refractivity contribution < 1.29 is 14.6 Å². The largest absolute Gasteiger partial charge is 0.389 e. The van der Waals surface area contributed by atoms with Crippen molar-refractivity contribution in [3.63, 3.8) is 0 Å². The molecule has 16 heavy (non-hydrogen) atoms. The van der Waals surface area contributed by atoms with Crippen molar-refractivity contribution in [1.29, 1.82) is 0 Å². The molecule has 2 unspecified atom stereocenters. The van der Waals surface area contributed by atoms with Gasteiger partial charge in [0.15, 0.2) is 0 Å². The number of aliphatic hydroxyl groups is 1. The molecule has 0 aromatic carbocycles. The first kappa shape index (κ1) is 15.3. The molecule has 96 valence electrons. The van der Waals surface area contributed by atoms with Gasteiger partial charge >= 0.3 is 0 Å². The number of ether oxygens (including phenoxy) is 1. The Labute approximate surface area is 97.6 Å². The third-order valence-corrected chi connectivity index (χ3v) is 2.06. The lowest BCUT2D eigenvalue weighted by Gasteiger charge is -2.16. The Kier molecular flexibility index (Phi) is 8.15. The van der Waals surface area contributed by atoms with Crippen molar-refractivity contribution in [2.75, 3.05) is 26.8 Å². The van der Waals surface area contributed by atoms with E-state index in [1.54, 1.807) is 14.0 Å². The van der Waals surface area contributed by atoms with Crippen LogP contribution in [-0.4, -0.2) is 50.0 Å². The second-order valence-corrected chi connectivity index (χ2v) is 4.33. The van der Waals surface area contributed by atoms with Crippen LogP contribution in [0, 0.1) is 5.92 Å². The van der Waals surface area contributed by atoms with E-state index >= 15 is 0 Å². The van der Waals surface area contributed by atoms with E-state index in [1.807, 2.05) is 0 Å². The molecule has 0 aromatic rings. The summed E-state index contributed by atoms with van der Waals surface area (Å²) in [5.74, 6) is 0.375. The van der Waals surface area contributed by atoms with Gasteiger partial charge in [0.05, 0.1) is 18.8 Å². The lowest BCUT2D eigenvalue weighted by atomic mass is 10.2. The average Bonchev–Trinajstić information content (AvgIpc) is 2.24. The summed E-state index contributed by atoms with van der Waals surface area (Å²) in [6, 6.07) is -0.301. The summed E-state index contributed by atoms with van der Waals surface area (Å²) in [6.07, 6.45) is -0.578. The van der Waals surface area contributed by atoms with E-state index in [0.29, 0.717) is 25.7 Å². The van der Waals surface area contributed by atoms with E-state index in [4.69, 9.17) is 4.74 Å². The molecule has 2 atom stereocenters. The van der Waals surface area contributed by atoms with Crippen LogP contribution in [0.3, 0.4) is 0 Å². The summed E-state index contributed by atoms with van der Waals surface area (Å²) in [5, 5.41) is 15.0. The maximum atomic E-state index is 11.1. The van der Waals surface area contributed by atoms with Crippen LogP contribution >= 0.6 is 0 Å². The van der Waals surface area contributed by atoms with Gasteiger partial charge in [0, 0.05) is 20.2 Å². The van der Waals surface area contributed by atoms with Crippen LogP contribution in [0.5, 0.6) is 0 Å². The molecule has 3 N–H and O–H groups in total. The first-order valence-corrected chi connectivity index (χ1v) is 5.68. The van der Waals surface area contributed by atoms with Crippen LogP contribution in [0.25, 0.3) is 0 Å². The Morgan fingerprint density at radius 3 is 2.44 bits per heavy atom. The number of carbonyl (C=O) groups excluding carboxylic acids is 1. The third kappa shape index (κ3) is 7.62. The number of nitrogens with one attached hydrogen (secondary N) is 2. The minimum Gasteiger partial charge on any atom is -0.389 e. The molecular weight excluding hydrogens is 208 g/mol. The number of amides is 1. The first-order chi connectivity index (χ1) is 7.47. The topological polar surface area (TPSA) is 70.6 Å². The molecule has 5 heteroatoms. The second-order valence-electron chi connectivity index (χ2n) is 4.33. The van der Waals surface area contributed by atoms with Crippen LogP contribution in [0.2, 0.25) is 0 Å². The summed E-state index contributed by atoms with van der Waals surface area (Å²) >= 11 is 0. The third-order valence-electron chi connectivity index (χ3n) is 2.06. The monoisotopic (exact) mass is 232 g/mol. The van der Waals surface area contributed by atoms with Gasteiger partial charge in [-0.2, -0.15) is 0 Å². The Morgan fingerprint density at radius 2 is 1.94 bits per heavy atom. The molecule has 0 saturated carbocycles. The minimum absolute atomic E-state index is 0.0877. The highest BCUT2D eigenvalue weighted by molar-refractivity contribution is 5.80. The summed E-state index contributed by atoms with van der Waals surface area (Å²) in [6.45, 7) is 7.15. The van der Waals surface area contributed by atoms with Gasteiger partial charge in [-0.05, 0) is 12.8 Å². The van der Waals surface area contributed by atoms with Gasteiger partial charge in [0.2, 0.25) is 5.91 Å². The summed E-state index contributed by atoms with van der Waals surface area (Å²) in [4.78, 5) is 11.1. The molecule has 0 bridgehead atoms. The zero-order valence-corrected chi connectivity index (χ0v) is 10.6. The van der Waals surface area contributed by atoms with Crippen LogP contribution < -0.4 is 10.6 Å². The summed E-state index contributed by atoms with van der Waals surface area (Å²) in [7, 11) is 1.59. The normalized spacial score (nSPS) is 14.9. The predicted molar refractivity (Wildman–Crippen MR) is 63.2 cm³/mol. The minimum atomic E-state index is -0.578. The molecular formula is C11H24N2O3. The Morgan fingerprint density at radius 1 is 1.31 bits per heavy atom. The molecule has 0 aliphatic carbocycles. The predicted octanol–water partition coefficient (Wildman–Crippen LogP) is -0.256. The van der Waals surface area contributed by atoms with Crippen molar-refractivity contribution in [3.05, 3.63) is 0 Å². The van der Waals surface area contributed by atoms with Crippen molar-refractivity contribution in [3.8, 4) is 0 Å². The van der Waals surface area contributed by atoms with Crippen LogP contribution in [0.4, 0.5) is 0 Å². The number of rotatable bonds is 8. The Balaban J connectivity index is 3.56. The van der Waals surface area contributed by atoms with Crippen LogP contribution in [0.15, 0.2) is 0 Å². The highest BCUT2D eigenvalue weighted by atomic mass is 16.5. The van der Waals surface area contributed by atoms with E-state index in [9.17, 15) is 9.90 Å². The molecule has 0 aliphatic rings. The molecule has 0 spiro atoms. The molecule has 0 saturated heterocycles. The number of aliphatic hydroxyl groups excluding tert-OH is 1. The lowest BCUT2D eigenvalue weighted by molar-refractivity contribution is -0.122. The number of hydrogen-bond donors (Lipinski definition) is 3. The average molecular weight is 232 g/mol. The van der Waals surface area contributed by atoms with Gasteiger partial charge in [-0.15, -0.1) is 0 Å². The van der Waals surface area contributed by atoms with Crippen molar-refractivity contribution >= 4 is 5.91 Å². The highest BCUT2D eigenvalue weighted by Crippen LogP contribution is 1.94.